The third-order valence-corrected chi connectivity index (χ3v) is 6.08. The van der Waals surface area contributed by atoms with Crippen molar-refractivity contribution in [2.75, 3.05) is 13.7 Å². The molecule has 0 spiro atoms. The summed E-state index contributed by atoms with van der Waals surface area (Å²) in [5.74, 6) is 0.568. The average Bonchev–Trinajstić information content (AvgIpc) is 2.62. The second kappa shape index (κ2) is 8.82. The molecule has 0 bridgehead atoms. The van der Waals surface area contributed by atoms with Gasteiger partial charge in [-0.1, -0.05) is 23.2 Å². The lowest BCUT2D eigenvalue weighted by Crippen LogP contribution is -2.42. The van der Waals surface area contributed by atoms with Crippen LogP contribution >= 0.6 is 23.2 Å². The minimum atomic E-state index is -4.01. The first-order chi connectivity index (χ1) is 12.7. The van der Waals surface area contributed by atoms with E-state index in [0.29, 0.717) is 32.3 Å². The van der Waals surface area contributed by atoms with E-state index in [1.165, 1.54) is 31.3 Å². The Kier molecular flexibility index (Phi) is 6.97. The number of nitrogens with one attached hydrogen (secondary N) is 1. The molecule has 0 fully saturated rings. The van der Waals surface area contributed by atoms with Gasteiger partial charge < -0.3 is 10.1 Å². The van der Waals surface area contributed by atoms with Crippen LogP contribution < -0.4 is 10.1 Å². The Hall–Kier alpha value is -1.96. The highest BCUT2D eigenvalue weighted by Gasteiger charge is 2.27. The normalized spacial score (nSPS) is 12.3. The molecule has 0 aliphatic carbocycles. The summed E-state index contributed by atoms with van der Waals surface area (Å²) in [6.07, 6.45) is 0. The highest BCUT2D eigenvalue weighted by Crippen LogP contribution is 2.29. The van der Waals surface area contributed by atoms with Gasteiger partial charge in [0, 0.05) is 22.7 Å². The van der Waals surface area contributed by atoms with E-state index in [-0.39, 0.29) is 4.90 Å². The lowest BCUT2D eigenvalue weighted by Gasteiger charge is -2.23. The smallest absolute Gasteiger partial charge is 0.331 e. The number of hydrogen-bond acceptors (Lipinski definition) is 4. The van der Waals surface area contributed by atoms with Gasteiger partial charge in [-0.2, -0.15) is 0 Å². The number of halogens is 2. The lowest BCUT2D eigenvalue weighted by atomic mass is 10.1. The second-order valence-corrected chi connectivity index (χ2v) is 8.55. The molecule has 27 heavy (non-hydrogen) atoms. The van der Waals surface area contributed by atoms with Crippen LogP contribution in [-0.4, -0.2) is 32.4 Å². The van der Waals surface area contributed by atoms with E-state index in [4.69, 9.17) is 27.9 Å². The van der Waals surface area contributed by atoms with Gasteiger partial charge in [0.1, 0.15) is 5.75 Å². The molecule has 0 saturated carbocycles. The first-order valence-electron chi connectivity index (χ1n) is 8.14. The summed E-state index contributed by atoms with van der Waals surface area (Å²) in [4.78, 5) is 12.5. The van der Waals surface area contributed by atoms with E-state index in [2.05, 4.69) is 5.32 Å². The second-order valence-electron chi connectivity index (χ2n) is 5.71. The van der Waals surface area contributed by atoms with Crippen LogP contribution in [0.15, 0.2) is 47.4 Å². The number of carbonyl (C=O) groups is 1. The number of carbonyl (C=O) groups excluding carboxylic acids is 1. The third-order valence-electron chi connectivity index (χ3n) is 3.84. The predicted molar refractivity (Wildman–Crippen MR) is 106 cm³/mol. The van der Waals surface area contributed by atoms with Gasteiger partial charge in [0.2, 0.25) is 0 Å². The molecule has 0 aliphatic heterocycles. The van der Waals surface area contributed by atoms with Crippen molar-refractivity contribution in [1.29, 1.82) is 0 Å². The van der Waals surface area contributed by atoms with Crippen LogP contribution in [0.3, 0.4) is 0 Å². The van der Waals surface area contributed by atoms with Crippen LogP contribution in [0.4, 0.5) is 4.79 Å². The van der Waals surface area contributed by atoms with Crippen LogP contribution in [0.1, 0.15) is 25.5 Å². The summed E-state index contributed by atoms with van der Waals surface area (Å²) in [5, 5.41) is 3.54. The van der Waals surface area contributed by atoms with Gasteiger partial charge in [0.25, 0.3) is 10.0 Å². The molecule has 2 rings (SSSR count). The van der Waals surface area contributed by atoms with Gasteiger partial charge in [-0.05, 0) is 56.3 Å². The molecule has 1 atom stereocenters. The minimum absolute atomic E-state index is 0.0324. The van der Waals surface area contributed by atoms with Crippen molar-refractivity contribution in [2.45, 2.75) is 24.8 Å². The van der Waals surface area contributed by atoms with Crippen molar-refractivity contribution < 1.29 is 17.9 Å². The number of amides is 2. The molecule has 146 valence electrons. The van der Waals surface area contributed by atoms with Gasteiger partial charge in [0.15, 0.2) is 0 Å². The Morgan fingerprint density at radius 3 is 2.33 bits per heavy atom. The zero-order valence-electron chi connectivity index (χ0n) is 15.1. The topological polar surface area (TPSA) is 75.7 Å². The van der Waals surface area contributed by atoms with Crippen molar-refractivity contribution in [3.8, 4) is 5.75 Å². The fourth-order valence-electron chi connectivity index (χ4n) is 2.37. The van der Waals surface area contributed by atoms with E-state index < -0.39 is 22.1 Å². The number of hydrogen-bond donors (Lipinski definition) is 1. The monoisotopic (exact) mass is 430 g/mol. The summed E-state index contributed by atoms with van der Waals surface area (Å²) in [6, 6.07) is 9.34. The van der Waals surface area contributed by atoms with Crippen molar-refractivity contribution >= 4 is 39.3 Å². The van der Waals surface area contributed by atoms with Crippen LogP contribution in [0.5, 0.6) is 5.75 Å². The summed E-state index contributed by atoms with van der Waals surface area (Å²) < 4.78 is 31.4. The summed E-state index contributed by atoms with van der Waals surface area (Å²) in [6.45, 7) is 4.00. The SMILES string of the molecule is CCOc1ccc(Cl)cc1C(C)NC(=O)N(C)S(=O)(=O)c1ccc(Cl)cc1. The van der Waals surface area contributed by atoms with Crippen LogP contribution in [0.2, 0.25) is 10.0 Å². The average molecular weight is 431 g/mol. The van der Waals surface area contributed by atoms with E-state index in [0.717, 1.165) is 0 Å². The fourth-order valence-corrected chi connectivity index (χ4v) is 3.75. The highest BCUT2D eigenvalue weighted by molar-refractivity contribution is 7.89. The molecule has 0 radical (unpaired) electrons. The maximum Gasteiger partial charge on any atom is 0.331 e. The Morgan fingerprint density at radius 2 is 1.74 bits per heavy atom. The molecule has 2 aromatic rings. The molecule has 0 heterocycles. The molecule has 2 amide bonds. The number of urea groups is 1. The van der Waals surface area contributed by atoms with Crippen molar-refractivity contribution in [3.05, 3.63) is 58.1 Å². The largest absolute Gasteiger partial charge is 0.494 e. The van der Waals surface area contributed by atoms with Gasteiger partial charge in [0.05, 0.1) is 17.5 Å². The molecule has 9 heteroatoms. The summed E-state index contributed by atoms with van der Waals surface area (Å²) >= 11 is 11.8. The highest BCUT2D eigenvalue weighted by atomic mass is 35.5. The van der Waals surface area contributed by atoms with Crippen LogP contribution in [-0.2, 0) is 10.0 Å². The summed E-state index contributed by atoms with van der Waals surface area (Å²) in [7, 11) is -2.82. The molecular formula is C18H20Cl2N2O4S. The Balaban J connectivity index is 2.21. The zero-order chi connectivity index (χ0) is 20.2. The van der Waals surface area contributed by atoms with Gasteiger partial charge in [-0.15, -0.1) is 0 Å². The number of ether oxygens (including phenoxy) is 1. The molecule has 0 saturated heterocycles. The van der Waals surface area contributed by atoms with E-state index in [1.807, 2.05) is 6.92 Å². The fraction of sp³-hybridized carbons (Fsp3) is 0.278. The molecule has 6 nitrogen and oxygen atoms in total. The first-order valence-corrected chi connectivity index (χ1v) is 10.3. The molecular weight excluding hydrogens is 411 g/mol. The number of nitrogens with zero attached hydrogens (tertiary/aromatic N) is 1. The Bertz CT molecular complexity index is 917. The Morgan fingerprint density at radius 1 is 1.15 bits per heavy atom. The molecule has 0 aliphatic rings. The quantitative estimate of drug-likeness (QED) is 0.732. The Labute approximate surface area is 169 Å². The lowest BCUT2D eigenvalue weighted by molar-refractivity contribution is 0.224. The standard InChI is InChI=1S/C18H20Cl2N2O4S/c1-4-26-17-10-7-14(20)11-16(17)12(2)21-18(23)22(3)27(24,25)15-8-5-13(19)6-9-15/h5-12H,4H2,1-3H3,(H,21,23). The van der Waals surface area contributed by atoms with E-state index in [1.54, 1.807) is 25.1 Å². The van der Waals surface area contributed by atoms with E-state index in [9.17, 15) is 13.2 Å². The van der Waals surface area contributed by atoms with Gasteiger partial charge in [-0.25, -0.2) is 17.5 Å². The molecule has 1 unspecified atom stereocenters. The van der Waals surface area contributed by atoms with Gasteiger partial charge in [-0.3, -0.25) is 0 Å². The molecule has 0 aromatic heterocycles. The number of benzene rings is 2. The molecule has 1 N–H and O–H groups in total. The van der Waals surface area contributed by atoms with Crippen LogP contribution in [0, 0.1) is 0 Å². The van der Waals surface area contributed by atoms with E-state index >= 15 is 0 Å². The van der Waals surface area contributed by atoms with Gasteiger partial charge >= 0.3 is 6.03 Å². The predicted octanol–water partition coefficient (Wildman–Crippen LogP) is 4.48. The molecule has 2 aromatic carbocycles. The zero-order valence-corrected chi connectivity index (χ0v) is 17.4. The maximum atomic E-state index is 12.6. The minimum Gasteiger partial charge on any atom is -0.494 e. The number of rotatable bonds is 6. The van der Waals surface area contributed by atoms with Crippen LogP contribution in [0.25, 0.3) is 0 Å². The first kappa shape index (κ1) is 21.3. The van der Waals surface area contributed by atoms with Crippen molar-refractivity contribution in [1.82, 2.24) is 9.62 Å². The number of sulfonamides is 1. The summed E-state index contributed by atoms with van der Waals surface area (Å²) in [5.41, 5.74) is 0.648. The van der Waals surface area contributed by atoms with Crippen molar-refractivity contribution in [3.63, 3.8) is 0 Å². The third kappa shape index (κ3) is 5.06. The maximum absolute atomic E-state index is 12.6. The van der Waals surface area contributed by atoms with Crippen molar-refractivity contribution in [2.24, 2.45) is 0 Å².